The molecule has 0 radical (unpaired) electrons. The highest BCUT2D eigenvalue weighted by molar-refractivity contribution is 5.64. The smallest absolute Gasteiger partial charge is 0.271 e. The second-order valence-corrected chi connectivity index (χ2v) is 4.38. The minimum absolute atomic E-state index is 0.189. The van der Waals surface area contributed by atoms with Gasteiger partial charge in [0.2, 0.25) is 0 Å². The maximum absolute atomic E-state index is 11.7. The van der Waals surface area contributed by atoms with Gasteiger partial charge in [-0.15, -0.1) is 0 Å². The SMILES string of the molecule is CNc1cc(Nc2ccc[nH]c2=O)nc2c(C)cnn12. The fourth-order valence-corrected chi connectivity index (χ4v) is 1.97. The van der Waals surface area contributed by atoms with Crippen LogP contribution in [0.3, 0.4) is 0 Å². The molecule has 0 atom stereocenters. The normalized spacial score (nSPS) is 10.7. The zero-order chi connectivity index (χ0) is 14.1. The second kappa shape index (κ2) is 4.69. The van der Waals surface area contributed by atoms with Crippen molar-refractivity contribution in [3.05, 3.63) is 46.5 Å². The quantitative estimate of drug-likeness (QED) is 0.671. The number of hydrogen-bond donors (Lipinski definition) is 3. The Bertz CT molecular complexity index is 819. The van der Waals surface area contributed by atoms with Crippen molar-refractivity contribution in [1.29, 1.82) is 0 Å². The van der Waals surface area contributed by atoms with Crippen LogP contribution in [0.1, 0.15) is 5.56 Å². The van der Waals surface area contributed by atoms with Crippen molar-refractivity contribution in [3.63, 3.8) is 0 Å². The van der Waals surface area contributed by atoms with Gasteiger partial charge in [0.25, 0.3) is 5.56 Å². The Morgan fingerprint density at radius 2 is 2.25 bits per heavy atom. The Morgan fingerprint density at radius 1 is 1.40 bits per heavy atom. The van der Waals surface area contributed by atoms with Crippen molar-refractivity contribution in [2.24, 2.45) is 0 Å². The zero-order valence-corrected chi connectivity index (χ0v) is 11.1. The Labute approximate surface area is 114 Å². The number of aromatic nitrogens is 4. The Hall–Kier alpha value is -2.83. The van der Waals surface area contributed by atoms with E-state index < -0.39 is 0 Å². The van der Waals surface area contributed by atoms with E-state index >= 15 is 0 Å². The van der Waals surface area contributed by atoms with E-state index in [1.165, 1.54) is 0 Å². The van der Waals surface area contributed by atoms with Crippen molar-refractivity contribution in [2.75, 3.05) is 17.7 Å². The molecule has 0 fully saturated rings. The summed E-state index contributed by atoms with van der Waals surface area (Å²) in [4.78, 5) is 18.8. The summed E-state index contributed by atoms with van der Waals surface area (Å²) in [6.07, 6.45) is 3.34. The summed E-state index contributed by atoms with van der Waals surface area (Å²) in [7, 11) is 1.81. The molecule has 7 nitrogen and oxygen atoms in total. The summed E-state index contributed by atoms with van der Waals surface area (Å²) in [5.41, 5.74) is 1.97. The van der Waals surface area contributed by atoms with Gasteiger partial charge in [0.1, 0.15) is 17.3 Å². The number of nitrogens with one attached hydrogen (secondary N) is 3. The molecule has 7 heteroatoms. The number of aromatic amines is 1. The Morgan fingerprint density at radius 3 is 3.00 bits per heavy atom. The van der Waals surface area contributed by atoms with Crippen LogP contribution < -0.4 is 16.2 Å². The molecule has 0 bridgehead atoms. The number of aryl methyl sites for hydroxylation is 1. The minimum atomic E-state index is -0.189. The van der Waals surface area contributed by atoms with E-state index in [0.29, 0.717) is 11.5 Å². The van der Waals surface area contributed by atoms with Gasteiger partial charge < -0.3 is 15.6 Å². The number of pyridine rings is 1. The molecule has 20 heavy (non-hydrogen) atoms. The predicted octanol–water partition coefficient (Wildman–Crippen LogP) is 1.51. The van der Waals surface area contributed by atoms with Gasteiger partial charge in [-0.3, -0.25) is 4.79 Å². The van der Waals surface area contributed by atoms with Crippen molar-refractivity contribution in [3.8, 4) is 0 Å². The largest absolute Gasteiger partial charge is 0.373 e. The predicted molar refractivity (Wildman–Crippen MR) is 77.6 cm³/mol. The van der Waals surface area contributed by atoms with Gasteiger partial charge in [0.15, 0.2) is 5.65 Å². The van der Waals surface area contributed by atoms with Crippen LogP contribution in [0.4, 0.5) is 17.3 Å². The van der Waals surface area contributed by atoms with E-state index in [1.807, 2.05) is 14.0 Å². The van der Waals surface area contributed by atoms with Gasteiger partial charge in [-0.25, -0.2) is 4.98 Å². The van der Waals surface area contributed by atoms with Crippen LogP contribution >= 0.6 is 0 Å². The second-order valence-electron chi connectivity index (χ2n) is 4.38. The molecule has 0 aliphatic rings. The first-order chi connectivity index (χ1) is 9.69. The molecule has 0 aromatic carbocycles. The molecule has 0 aliphatic carbocycles. The lowest BCUT2D eigenvalue weighted by atomic mass is 10.3. The summed E-state index contributed by atoms with van der Waals surface area (Å²) < 4.78 is 1.72. The lowest BCUT2D eigenvalue weighted by Gasteiger charge is -2.09. The first-order valence-corrected chi connectivity index (χ1v) is 6.17. The van der Waals surface area contributed by atoms with Gasteiger partial charge in [-0.1, -0.05) is 0 Å². The summed E-state index contributed by atoms with van der Waals surface area (Å²) in [6.45, 7) is 1.94. The Kier molecular flexibility index (Phi) is 2.86. The van der Waals surface area contributed by atoms with E-state index in [-0.39, 0.29) is 5.56 Å². The lowest BCUT2D eigenvalue weighted by molar-refractivity contribution is 0.944. The molecule has 3 heterocycles. The fraction of sp³-hybridized carbons (Fsp3) is 0.154. The van der Waals surface area contributed by atoms with Gasteiger partial charge in [-0.05, 0) is 19.1 Å². The standard InChI is InChI=1S/C13H14N6O/c1-8-7-16-19-11(14-2)6-10(18-12(8)19)17-9-4-3-5-15-13(9)20/h3-7,14H,1-2H3,(H,15,20)(H,17,18). The molecule has 0 saturated carbocycles. The van der Waals surface area contributed by atoms with Crippen molar-refractivity contribution in [1.82, 2.24) is 19.6 Å². The van der Waals surface area contributed by atoms with E-state index in [9.17, 15) is 4.79 Å². The van der Waals surface area contributed by atoms with Crippen molar-refractivity contribution < 1.29 is 0 Å². The van der Waals surface area contributed by atoms with Crippen LogP contribution in [0.5, 0.6) is 0 Å². The molecule has 3 aromatic rings. The first kappa shape index (κ1) is 12.2. The highest BCUT2D eigenvalue weighted by Gasteiger charge is 2.09. The molecule has 3 rings (SSSR count). The third-order valence-electron chi connectivity index (χ3n) is 2.99. The number of rotatable bonds is 3. The molecule has 0 unspecified atom stereocenters. The van der Waals surface area contributed by atoms with E-state index in [0.717, 1.165) is 17.0 Å². The van der Waals surface area contributed by atoms with Gasteiger partial charge >= 0.3 is 0 Å². The minimum Gasteiger partial charge on any atom is -0.373 e. The topological polar surface area (TPSA) is 87.1 Å². The number of hydrogen-bond acceptors (Lipinski definition) is 5. The molecule has 0 saturated heterocycles. The number of fused-ring (bicyclic) bond motifs is 1. The first-order valence-electron chi connectivity index (χ1n) is 6.17. The zero-order valence-electron chi connectivity index (χ0n) is 11.1. The molecule has 3 aromatic heterocycles. The molecular weight excluding hydrogens is 256 g/mol. The highest BCUT2D eigenvalue weighted by atomic mass is 16.1. The van der Waals surface area contributed by atoms with Gasteiger partial charge in [0.05, 0.1) is 6.20 Å². The maximum Gasteiger partial charge on any atom is 0.271 e. The third-order valence-corrected chi connectivity index (χ3v) is 2.99. The number of anilines is 3. The van der Waals surface area contributed by atoms with E-state index in [2.05, 4.69) is 25.7 Å². The highest BCUT2D eigenvalue weighted by Crippen LogP contribution is 2.19. The molecule has 0 aliphatic heterocycles. The van der Waals surface area contributed by atoms with Crippen molar-refractivity contribution in [2.45, 2.75) is 6.92 Å². The molecule has 3 N–H and O–H groups in total. The van der Waals surface area contributed by atoms with Crippen LogP contribution in [0.25, 0.3) is 5.65 Å². The van der Waals surface area contributed by atoms with E-state index in [4.69, 9.17) is 0 Å². The average Bonchev–Trinajstić information content (AvgIpc) is 2.82. The van der Waals surface area contributed by atoms with Gasteiger partial charge in [0, 0.05) is 24.9 Å². The van der Waals surface area contributed by atoms with E-state index in [1.54, 1.807) is 35.1 Å². The van der Waals surface area contributed by atoms with Crippen LogP contribution in [0, 0.1) is 6.92 Å². The van der Waals surface area contributed by atoms with Gasteiger partial charge in [-0.2, -0.15) is 9.61 Å². The maximum atomic E-state index is 11.7. The van der Waals surface area contributed by atoms with Crippen molar-refractivity contribution >= 4 is 23.0 Å². The van der Waals surface area contributed by atoms with Crippen LogP contribution in [0.2, 0.25) is 0 Å². The van der Waals surface area contributed by atoms with Crippen LogP contribution in [0.15, 0.2) is 35.4 Å². The summed E-state index contributed by atoms with van der Waals surface area (Å²) >= 11 is 0. The third kappa shape index (κ3) is 1.99. The Balaban J connectivity index is 2.10. The number of H-pyrrole nitrogens is 1. The molecule has 0 spiro atoms. The molecule has 0 amide bonds. The molecule has 102 valence electrons. The fourth-order valence-electron chi connectivity index (χ4n) is 1.97. The van der Waals surface area contributed by atoms with Crippen LogP contribution in [-0.2, 0) is 0 Å². The average molecular weight is 270 g/mol. The monoisotopic (exact) mass is 270 g/mol. The van der Waals surface area contributed by atoms with Crippen LogP contribution in [-0.4, -0.2) is 26.6 Å². The lowest BCUT2D eigenvalue weighted by Crippen LogP contribution is -2.11. The number of nitrogens with zero attached hydrogens (tertiary/aromatic N) is 3. The summed E-state index contributed by atoms with van der Waals surface area (Å²) in [5.74, 6) is 1.38. The molecular formula is C13H14N6O. The summed E-state index contributed by atoms with van der Waals surface area (Å²) in [6, 6.07) is 5.25. The summed E-state index contributed by atoms with van der Waals surface area (Å²) in [5, 5.41) is 10.3.